The van der Waals surface area contributed by atoms with Crippen LogP contribution in [0.1, 0.15) is 16.1 Å². The Morgan fingerprint density at radius 3 is 2.53 bits per heavy atom. The normalized spacial score (nSPS) is 12.8. The first-order valence-corrected chi connectivity index (χ1v) is 11.4. The summed E-state index contributed by atoms with van der Waals surface area (Å²) in [5.41, 5.74) is -0.219. The number of thiocarbonyl (C=S) groups is 1. The van der Waals surface area contributed by atoms with E-state index in [4.69, 9.17) is 39.9 Å². The van der Waals surface area contributed by atoms with Gasteiger partial charge in [0.25, 0.3) is 5.91 Å². The van der Waals surface area contributed by atoms with Gasteiger partial charge in [-0.2, -0.15) is 4.36 Å². The van der Waals surface area contributed by atoms with Crippen molar-refractivity contribution >= 4 is 56.2 Å². The van der Waals surface area contributed by atoms with Gasteiger partial charge in [0.15, 0.2) is 0 Å². The van der Waals surface area contributed by atoms with Crippen LogP contribution in [0.3, 0.4) is 0 Å². The van der Waals surface area contributed by atoms with Crippen LogP contribution in [0, 0.1) is 12.7 Å². The van der Waals surface area contributed by atoms with E-state index >= 15 is 0 Å². The first-order valence-electron chi connectivity index (χ1n) is 8.34. The number of hydrogen-bond donors (Lipinski definition) is 1. The summed E-state index contributed by atoms with van der Waals surface area (Å²) in [5.74, 6) is -1.29. The Hall–Kier alpha value is -2.33. The molecule has 0 spiro atoms. The van der Waals surface area contributed by atoms with Crippen LogP contribution in [0.2, 0.25) is 10.0 Å². The van der Waals surface area contributed by atoms with Gasteiger partial charge in [-0.3, -0.25) is 10.1 Å². The molecule has 1 atom stereocenters. The van der Waals surface area contributed by atoms with E-state index < -0.39 is 21.5 Å². The first kappa shape index (κ1) is 22.4. The molecule has 0 unspecified atom stereocenters. The molecule has 1 N–H and O–H groups in total. The second-order valence-electron chi connectivity index (χ2n) is 6.17. The fraction of sp³-hybridized carbons (Fsp3) is 0.105. The molecule has 0 aliphatic rings. The number of nitrogens with zero attached hydrogens (tertiary/aromatic N) is 2. The molecule has 2 aromatic carbocycles. The van der Waals surface area contributed by atoms with Gasteiger partial charge in [-0.05, 0) is 55.5 Å². The molecular weight excluding hydrogens is 472 g/mol. The average molecular weight is 486 g/mol. The predicted molar refractivity (Wildman–Crippen MR) is 118 cm³/mol. The summed E-state index contributed by atoms with van der Waals surface area (Å²) >= 11 is 17.0. The lowest BCUT2D eigenvalue weighted by Crippen LogP contribution is -2.29. The first-order chi connectivity index (χ1) is 14.1. The van der Waals surface area contributed by atoms with Gasteiger partial charge < -0.3 is 4.52 Å². The zero-order valence-corrected chi connectivity index (χ0v) is 18.8. The Balaban J connectivity index is 1.92. The lowest BCUT2D eigenvalue weighted by atomic mass is 10.1. The third-order valence-electron chi connectivity index (χ3n) is 4.02. The smallest absolute Gasteiger partial charge is 0.263 e. The predicted octanol–water partition coefficient (Wildman–Crippen LogP) is 5.27. The number of hydrogen-bond acceptors (Lipinski definition) is 5. The molecule has 0 bridgehead atoms. The molecule has 0 aliphatic heterocycles. The highest BCUT2D eigenvalue weighted by Crippen LogP contribution is 2.33. The highest BCUT2D eigenvalue weighted by molar-refractivity contribution is 7.94. The topological polar surface area (TPSA) is 84.6 Å². The molecule has 1 aromatic heterocycles. The van der Waals surface area contributed by atoms with E-state index in [9.17, 15) is 13.4 Å². The molecule has 11 heteroatoms. The van der Waals surface area contributed by atoms with Gasteiger partial charge in [-0.15, -0.1) is 0 Å². The van der Waals surface area contributed by atoms with Crippen molar-refractivity contribution in [2.45, 2.75) is 11.8 Å². The van der Waals surface area contributed by atoms with Crippen LogP contribution >= 0.6 is 35.4 Å². The molecule has 0 saturated carbocycles. The van der Waals surface area contributed by atoms with Crippen molar-refractivity contribution in [2.75, 3.05) is 6.26 Å². The summed E-state index contributed by atoms with van der Waals surface area (Å²) in [5, 5.41) is 6.35. The fourth-order valence-electron chi connectivity index (χ4n) is 2.61. The summed E-state index contributed by atoms with van der Waals surface area (Å²) in [6.07, 6.45) is 1.38. The summed E-state index contributed by atoms with van der Waals surface area (Å²) < 4.78 is 36.2. The minimum absolute atomic E-state index is 0.0592. The third kappa shape index (κ3) is 4.70. The van der Waals surface area contributed by atoms with E-state index in [1.807, 2.05) is 0 Å². The number of carbonyl (C=O) groups is 1. The molecule has 0 fully saturated rings. The van der Waals surface area contributed by atoms with Gasteiger partial charge in [0.05, 0.1) is 20.3 Å². The molecular formula is C19H14Cl2FN3O3S2. The summed E-state index contributed by atoms with van der Waals surface area (Å²) in [6.45, 7) is 1.48. The van der Waals surface area contributed by atoms with Crippen molar-refractivity contribution in [3.8, 4) is 11.3 Å². The van der Waals surface area contributed by atoms with Gasteiger partial charge in [0.1, 0.15) is 22.8 Å². The van der Waals surface area contributed by atoms with Gasteiger partial charge in [-0.1, -0.05) is 34.4 Å². The average Bonchev–Trinajstić information content (AvgIpc) is 3.02. The van der Waals surface area contributed by atoms with Crippen LogP contribution < -0.4 is 5.32 Å². The number of carbonyl (C=O) groups excluding carboxylic acids is 1. The van der Waals surface area contributed by atoms with E-state index in [2.05, 4.69) is 14.8 Å². The van der Waals surface area contributed by atoms with E-state index in [-0.39, 0.29) is 32.7 Å². The van der Waals surface area contributed by atoms with Crippen molar-refractivity contribution in [1.29, 1.82) is 0 Å². The van der Waals surface area contributed by atoms with E-state index in [0.717, 1.165) is 0 Å². The fourth-order valence-corrected chi connectivity index (χ4v) is 4.62. The molecule has 0 saturated heterocycles. The Labute approximate surface area is 187 Å². The van der Waals surface area contributed by atoms with Gasteiger partial charge >= 0.3 is 0 Å². The Morgan fingerprint density at radius 1 is 1.23 bits per heavy atom. The third-order valence-corrected chi connectivity index (χ3v) is 6.57. The maximum atomic E-state index is 14.3. The number of rotatable bonds is 3. The van der Waals surface area contributed by atoms with Gasteiger partial charge in [-0.25, -0.2) is 8.60 Å². The Bertz CT molecular complexity index is 1250. The van der Waals surface area contributed by atoms with Crippen molar-refractivity contribution in [1.82, 2.24) is 10.5 Å². The second-order valence-corrected chi connectivity index (χ2v) is 9.66. The Kier molecular flexibility index (Phi) is 6.56. The standard InChI is InChI=1S/C19H14Cl2FN3O3S2/c1-10-15(17(24-28-10)16-13(21)4-3-5-14(16)22)18(26)23-19(29)25-30(2,27)12-8-6-11(20)7-9-12/h3-9H,1-2H3,(H,23,26,29)/t30-/m1/s1. The van der Waals surface area contributed by atoms with Crippen LogP contribution in [0.25, 0.3) is 11.3 Å². The van der Waals surface area contributed by atoms with Crippen LogP contribution in [-0.2, 0) is 9.73 Å². The Morgan fingerprint density at radius 2 is 1.90 bits per heavy atom. The number of aromatic nitrogens is 1. The van der Waals surface area contributed by atoms with Crippen LogP contribution in [0.4, 0.5) is 4.39 Å². The number of aryl methyl sites for hydroxylation is 1. The van der Waals surface area contributed by atoms with Crippen molar-refractivity contribution in [2.24, 2.45) is 4.36 Å². The molecule has 0 aliphatic carbocycles. The van der Waals surface area contributed by atoms with Crippen LogP contribution in [0.5, 0.6) is 0 Å². The van der Waals surface area contributed by atoms with Crippen LogP contribution in [0.15, 0.2) is 56.2 Å². The maximum Gasteiger partial charge on any atom is 0.263 e. The van der Waals surface area contributed by atoms with Gasteiger partial charge in [0, 0.05) is 16.2 Å². The highest BCUT2D eigenvalue weighted by atomic mass is 35.5. The molecule has 30 heavy (non-hydrogen) atoms. The molecule has 1 amide bonds. The minimum Gasteiger partial charge on any atom is -0.360 e. The van der Waals surface area contributed by atoms with E-state index in [1.54, 1.807) is 24.3 Å². The largest absolute Gasteiger partial charge is 0.360 e. The molecule has 3 rings (SSSR count). The van der Waals surface area contributed by atoms with Crippen molar-refractivity contribution < 1.29 is 17.9 Å². The zero-order valence-electron chi connectivity index (χ0n) is 15.6. The number of halogens is 3. The highest BCUT2D eigenvalue weighted by Gasteiger charge is 2.26. The van der Waals surface area contributed by atoms with Crippen molar-refractivity contribution in [3.05, 3.63) is 69.7 Å². The summed E-state index contributed by atoms with van der Waals surface area (Å²) in [6, 6.07) is 10.3. The second kappa shape index (κ2) is 8.81. The maximum absolute atomic E-state index is 14.3. The monoisotopic (exact) mass is 485 g/mol. The SMILES string of the molecule is Cc1onc(-c2c(F)cccc2Cl)c1C(=O)NC(=S)N=[S@](C)(=O)c1ccc(Cl)cc1. The van der Waals surface area contributed by atoms with Crippen LogP contribution in [-0.4, -0.2) is 26.6 Å². The van der Waals surface area contributed by atoms with E-state index in [0.29, 0.717) is 9.92 Å². The number of amides is 1. The van der Waals surface area contributed by atoms with Crippen molar-refractivity contribution in [3.63, 3.8) is 0 Å². The molecule has 6 nitrogen and oxygen atoms in total. The minimum atomic E-state index is -2.94. The molecule has 156 valence electrons. The summed E-state index contributed by atoms with van der Waals surface area (Å²) in [7, 11) is -2.94. The lowest BCUT2D eigenvalue weighted by molar-refractivity contribution is 0.0976. The summed E-state index contributed by atoms with van der Waals surface area (Å²) in [4.78, 5) is 13.2. The zero-order chi connectivity index (χ0) is 22.1. The molecule has 3 aromatic rings. The number of nitrogens with one attached hydrogen (secondary N) is 1. The molecule has 0 radical (unpaired) electrons. The quantitative estimate of drug-likeness (QED) is 0.510. The van der Waals surface area contributed by atoms with E-state index in [1.165, 1.54) is 31.4 Å². The molecule has 1 heterocycles. The lowest BCUT2D eigenvalue weighted by Gasteiger charge is -2.08. The van der Waals surface area contributed by atoms with Gasteiger partial charge in [0.2, 0.25) is 5.11 Å². The number of benzene rings is 2.